The lowest BCUT2D eigenvalue weighted by Gasteiger charge is -2.51. The van der Waals surface area contributed by atoms with E-state index in [0.29, 0.717) is 23.1 Å². The van der Waals surface area contributed by atoms with Crippen LogP contribution in [0.4, 0.5) is 27.6 Å². The molecular weight excluding hydrogens is 868 g/mol. The SMILES string of the molecule is CCS[C@@H]1[C@@H]([C@@H](C)O[Si](C)(C)C(C)(C)C)C(=O)N1C(C(=O)OCc1ccc([N+](=O)[O-])cc1)=C(Oc1ccc(C(=O)Oc2c(F)c(F)c(F)c(F)c2F)cc1)SC(=O)C(C)(C)C. The van der Waals surface area contributed by atoms with Crippen molar-refractivity contribution in [3.63, 3.8) is 0 Å². The average Bonchev–Trinajstić information content (AvgIpc) is 3.17. The highest BCUT2D eigenvalue weighted by molar-refractivity contribution is 8.16. The van der Waals surface area contributed by atoms with Gasteiger partial charge in [0.15, 0.2) is 19.1 Å². The van der Waals surface area contributed by atoms with Crippen molar-refractivity contribution < 1.29 is 64.7 Å². The van der Waals surface area contributed by atoms with Crippen LogP contribution in [-0.4, -0.2) is 58.3 Å². The van der Waals surface area contributed by atoms with Gasteiger partial charge in [-0.2, -0.15) is 8.78 Å². The molecule has 20 heteroatoms. The average molecular weight is 913 g/mol. The van der Waals surface area contributed by atoms with Gasteiger partial charge in [-0.25, -0.2) is 22.8 Å². The number of β-lactam (4-membered cyclic amide) rings is 1. The van der Waals surface area contributed by atoms with Crippen LogP contribution in [0.15, 0.2) is 59.3 Å². The number of benzene rings is 3. The third-order valence-corrected chi connectivity index (χ3v) is 16.8. The Morgan fingerprint density at radius 3 is 1.90 bits per heavy atom. The number of hydrogen-bond acceptors (Lipinski definition) is 12. The molecule has 0 unspecified atom stereocenters. The number of carbonyl (C=O) groups excluding carboxylic acids is 4. The summed E-state index contributed by atoms with van der Waals surface area (Å²) in [6.07, 6.45) is -0.601. The zero-order valence-electron chi connectivity index (χ0n) is 34.9. The van der Waals surface area contributed by atoms with Crippen LogP contribution in [0.2, 0.25) is 18.1 Å². The number of amides is 1. The van der Waals surface area contributed by atoms with Gasteiger partial charge in [-0.15, -0.1) is 11.8 Å². The van der Waals surface area contributed by atoms with Crippen LogP contribution in [0.3, 0.4) is 0 Å². The molecule has 0 saturated carbocycles. The van der Waals surface area contributed by atoms with Gasteiger partial charge in [-0.1, -0.05) is 48.5 Å². The van der Waals surface area contributed by atoms with Crippen molar-refractivity contribution in [3.05, 3.63) is 110 Å². The third-order valence-electron chi connectivity index (χ3n) is 9.82. The Morgan fingerprint density at radius 2 is 1.41 bits per heavy atom. The second kappa shape index (κ2) is 19.1. The van der Waals surface area contributed by atoms with E-state index in [1.807, 2.05) is 20.0 Å². The number of non-ortho nitro benzene ring substituents is 1. The molecule has 0 N–H and O–H groups in total. The van der Waals surface area contributed by atoms with Crippen LogP contribution < -0.4 is 9.47 Å². The van der Waals surface area contributed by atoms with Crippen molar-refractivity contribution in [2.45, 2.75) is 91.6 Å². The Morgan fingerprint density at radius 1 is 0.869 bits per heavy atom. The van der Waals surface area contributed by atoms with Crippen molar-refractivity contribution in [3.8, 4) is 11.5 Å². The zero-order valence-corrected chi connectivity index (χ0v) is 37.6. The number of likely N-dealkylation sites (tertiary alicyclic amines) is 1. The lowest BCUT2D eigenvalue weighted by molar-refractivity contribution is -0.384. The van der Waals surface area contributed by atoms with Crippen molar-refractivity contribution in [2.24, 2.45) is 11.3 Å². The molecule has 3 aromatic carbocycles. The molecule has 3 aromatic rings. The lowest BCUT2D eigenvalue weighted by Crippen LogP contribution is -2.64. The highest BCUT2D eigenvalue weighted by Crippen LogP contribution is 2.46. The van der Waals surface area contributed by atoms with Gasteiger partial charge in [-0.05, 0) is 84.5 Å². The first kappa shape index (κ1) is 48.9. The van der Waals surface area contributed by atoms with Crippen molar-refractivity contribution >= 4 is 60.5 Å². The molecule has 1 saturated heterocycles. The standard InChI is InChI=1S/C41H45F5N2O10S2Si/c1-11-59-35-26(21(2)58-61(9,10)41(6,7)8)34(49)47(35)32(37(51)55-20-22-12-16-24(17-13-22)48(53)54)38(60-39(52)40(3,4)5)56-25-18-14-23(15-19-25)36(50)57-33-30(45)28(43)27(42)29(44)31(33)46/h12-19,21,26,35H,11,20H2,1-10H3/t21-,26+,35-/m1/s1. The van der Waals surface area contributed by atoms with Crippen LogP contribution >= 0.6 is 23.5 Å². The van der Waals surface area contributed by atoms with Gasteiger partial charge in [-0.3, -0.25) is 24.6 Å². The number of carbonyl (C=O) groups is 4. The maximum Gasteiger partial charge on any atom is 0.359 e. The molecule has 12 nitrogen and oxygen atoms in total. The first-order valence-electron chi connectivity index (χ1n) is 18.7. The van der Waals surface area contributed by atoms with E-state index >= 15 is 0 Å². The number of rotatable bonds is 15. The summed E-state index contributed by atoms with van der Waals surface area (Å²) >= 11 is 1.83. The topological polar surface area (TPSA) is 152 Å². The maximum atomic E-state index is 14.4. The van der Waals surface area contributed by atoms with E-state index in [4.69, 9.17) is 13.9 Å². The normalized spacial score (nSPS) is 16.6. The van der Waals surface area contributed by atoms with Crippen LogP contribution in [0.5, 0.6) is 11.5 Å². The summed E-state index contributed by atoms with van der Waals surface area (Å²) in [5.74, 6) is -17.2. The molecule has 1 fully saturated rings. The number of nitro groups is 1. The van der Waals surface area contributed by atoms with E-state index in [0.717, 1.165) is 24.3 Å². The van der Waals surface area contributed by atoms with E-state index in [9.17, 15) is 51.2 Å². The molecule has 4 rings (SSSR count). The quantitative estimate of drug-likeness (QED) is 0.0122. The Balaban J connectivity index is 1.80. The molecule has 1 aliphatic heterocycles. The van der Waals surface area contributed by atoms with Crippen LogP contribution in [0.25, 0.3) is 0 Å². The number of ether oxygens (including phenoxy) is 3. The maximum absolute atomic E-state index is 14.4. The van der Waals surface area contributed by atoms with Gasteiger partial charge >= 0.3 is 11.9 Å². The monoisotopic (exact) mass is 912 g/mol. The Labute approximate surface area is 358 Å². The van der Waals surface area contributed by atoms with E-state index in [1.54, 1.807) is 27.7 Å². The summed E-state index contributed by atoms with van der Waals surface area (Å²) in [6.45, 7) is 18.3. The number of thioether (sulfide) groups is 2. The summed E-state index contributed by atoms with van der Waals surface area (Å²) in [7, 11) is -2.41. The molecule has 61 heavy (non-hydrogen) atoms. The van der Waals surface area contributed by atoms with Crippen LogP contribution in [0.1, 0.15) is 71.3 Å². The summed E-state index contributed by atoms with van der Waals surface area (Å²) < 4.78 is 92.5. The molecule has 1 aliphatic rings. The minimum atomic E-state index is -2.44. The third kappa shape index (κ3) is 11.0. The first-order chi connectivity index (χ1) is 28.2. The fourth-order valence-corrected chi connectivity index (χ4v) is 8.94. The van der Waals surface area contributed by atoms with Gasteiger partial charge in [0.1, 0.15) is 12.4 Å². The highest BCUT2D eigenvalue weighted by Gasteiger charge is 2.56. The number of halogens is 5. The molecule has 330 valence electrons. The molecule has 1 amide bonds. The Bertz CT molecular complexity index is 2200. The summed E-state index contributed by atoms with van der Waals surface area (Å²) in [6, 6.07) is 9.49. The molecule has 0 radical (unpaired) electrons. The fraction of sp³-hybridized carbons (Fsp3) is 0.415. The zero-order chi connectivity index (χ0) is 45.9. The molecule has 0 aromatic heterocycles. The summed E-state index contributed by atoms with van der Waals surface area (Å²) in [5.41, 5.74) is -1.76. The summed E-state index contributed by atoms with van der Waals surface area (Å²) in [5, 5.41) is 9.37. The first-order valence-corrected chi connectivity index (χ1v) is 23.5. The van der Waals surface area contributed by atoms with Crippen LogP contribution in [0, 0.1) is 50.5 Å². The largest absolute Gasteiger partial charge is 0.456 e. The molecule has 0 aliphatic carbocycles. The molecule has 1 heterocycles. The van der Waals surface area contributed by atoms with Gasteiger partial charge in [0.05, 0.1) is 27.9 Å². The number of nitrogens with zero attached hydrogens (tertiary/aromatic N) is 2. The fourth-order valence-electron chi connectivity index (χ4n) is 5.38. The predicted molar refractivity (Wildman–Crippen MR) is 220 cm³/mol. The van der Waals surface area contributed by atoms with Gasteiger partial charge < -0.3 is 18.6 Å². The number of nitro benzene ring substituents is 1. The number of esters is 2. The molecule has 3 atom stereocenters. The smallest absolute Gasteiger partial charge is 0.359 e. The second-order valence-corrected chi connectivity index (χ2v) is 23.4. The Hall–Kier alpha value is -4.79. The van der Waals surface area contributed by atoms with Crippen molar-refractivity contribution in [1.82, 2.24) is 4.90 Å². The van der Waals surface area contributed by atoms with E-state index in [2.05, 4.69) is 25.5 Å². The molecular formula is C41H45F5N2O10S2Si. The molecule has 0 spiro atoms. The lowest BCUT2D eigenvalue weighted by atomic mass is 9.92. The van der Waals surface area contributed by atoms with Crippen molar-refractivity contribution in [1.29, 1.82) is 0 Å². The minimum Gasteiger partial charge on any atom is -0.456 e. The minimum absolute atomic E-state index is 0.142. The van der Waals surface area contributed by atoms with Crippen LogP contribution in [-0.2, 0) is 30.2 Å². The second-order valence-electron chi connectivity index (χ2n) is 16.4. The van der Waals surface area contributed by atoms with E-state index < -0.39 is 117 Å². The van der Waals surface area contributed by atoms with E-state index in [-0.39, 0.29) is 16.5 Å². The van der Waals surface area contributed by atoms with Gasteiger partial charge in [0.25, 0.3) is 5.69 Å². The summed E-state index contributed by atoms with van der Waals surface area (Å²) in [4.78, 5) is 67.0. The van der Waals surface area contributed by atoms with Crippen molar-refractivity contribution in [2.75, 3.05) is 5.75 Å². The molecule has 0 bridgehead atoms. The number of hydrogen-bond donors (Lipinski definition) is 0. The Kier molecular flexibility index (Phi) is 15.3. The van der Waals surface area contributed by atoms with Gasteiger partial charge in [0, 0.05) is 17.5 Å². The van der Waals surface area contributed by atoms with Gasteiger partial charge in [0.2, 0.25) is 45.9 Å². The highest BCUT2D eigenvalue weighted by atomic mass is 32.2. The predicted octanol–water partition coefficient (Wildman–Crippen LogP) is 10.1. The van der Waals surface area contributed by atoms with E-state index in [1.165, 1.54) is 40.9 Å².